The van der Waals surface area contributed by atoms with Gasteiger partial charge in [-0.2, -0.15) is 0 Å². The first-order valence-corrected chi connectivity index (χ1v) is 6.66. The van der Waals surface area contributed by atoms with Gasteiger partial charge >= 0.3 is 0 Å². The number of hydrogen-bond donors (Lipinski definition) is 2. The molecule has 2 aromatic rings. The van der Waals surface area contributed by atoms with Crippen molar-refractivity contribution in [2.24, 2.45) is 0 Å². The van der Waals surface area contributed by atoms with Gasteiger partial charge in [0, 0.05) is 0 Å². The van der Waals surface area contributed by atoms with E-state index in [2.05, 4.69) is 0 Å². The van der Waals surface area contributed by atoms with Crippen LogP contribution in [0.1, 0.15) is 29.2 Å². The standard InChI is InChI=1S/C16H17ClO2/c1-11-2-6-13(7-3-11)15(18)8-4-12-5-9-16(19)14(17)10-12/h2-3,5-7,9-10,15,18-19H,4,8H2,1H3. The molecule has 0 amide bonds. The molecule has 0 saturated carbocycles. The summed E-state index contributed by atoms with van der Waals surface area (Å²) in [5.74, 6) is 0.0875. The zero-order valence-electron chi connectivity index (χ0n) is 10.8. The number of aliphatic hydroxyl groups excluding tert-OH is 1. The first-order valence-electron chi connectivity index (χ1n) is 6.28. The summed E-state index contributed by atoms with van der Waals surface area (Å²) in [7, 11) is 0. The van der Waals surface area contributed by atoms with Gasteiger partial charge in [-0.3, -0.25) is 0 Å². The van der Waals surface area contributed by atoms with E-state index in [1.165, 1.54) is 5.56 Å². The van der Waals surface area contributed by atoms with E-state index in [9.17, 15) is 10.2 Å². The van der Waals surface area contributed by atoms with Crippen LogP contribution in [0.15, 0.2) is 42.5 Å². The van der Waals surface area contributed by atoms with Gasteiger partial charge in [-0.05, 0) is 43.0 Å². The summed E-state index contributed by atoms with van der Waals surface area (Å²) in [5, 5.41) is 19.8. The molecule has 1 atom stereocenters. The molecule has 0 saturated heterocycles. The van der Waals surface area contributed by atoms with Gasteiger partial charge in [-0.15, -0.1) is 0 Å². The molecule has 0 spiro atoms. The summed E-state index contributed by atoms with van der Waals surface area (Å²) < 4.78 is 0. The van der Waals surface area contributed by atoms with Crippen LogP contribution in [0.2, 0.25) is 5.02 Å². The highest BCUT2D eigenvalue weighted by molar-refractivity contribution is 6.32. The van der Waals surface area contributed by atoms with Gasteiger partial charge in [0.1, 0.15) is 5.75 Å². The van der Waals surface area contributed by atoms with Crippen LogP contribution in [0, 0.1) is 6.92 Å². The van der Waals surface area contributed by atoms with E-state index >= 15 is 0 Å². The molecule has 0 aliphatic carbocycles. The molecule has 0 aliphatic heterocycles. The number of hydrogen-bond acceptors (Lipinski definition) is 2. The fourth-order valence-electron chi connectivity index (χ4n) is 1.96. The fraction of sp³-hybridized carbons (Fsp3) is 0.250. The summed E-state index contributed by atoms with van der Waals surface area (Å²) in [5.41, 5.74) is 3.12. The van der Waals surface area contributed by atoms with Crippen molar-refractivity contribution in [3.8, 4) is 5.75 Å². The second-order valence-electron chi connectivity index (χ2n) is 4.75. The van der Waals surface area contributed by atoms with E-state index in [4.69, 9.17) is 11.6 Å². The second kappa shape index (κ2) is 6.09. The van der Waals surface area contributed by atoms with Gasteiger partial charge in [0.25, 0.3) is 0 Å². The molecular formula is C16H17ClO2. The summed E-state index contributed by atoms with van der Waals surface area (Å²) in [4.78, 5) is 0. The van der Waals surface area contributed by atoms with Gasteiger partial charge < -0.3 is 10.2 Å². The molecule has 2 aromatic carbocycles. The van der Waals surface area contributed by atoms with Crippen LogP contribution in [0.5, 0.6) is 5.75 Å². The predicted molar refractivity (Wildman–Crippen MR) is 77.6 cm³/mol. The molecule has 0 heterocycles. The van der Waals surface area contributed by atoms with E-state index in [0.29, 0.717) is 11.4 Å². The Morgan fingerprint density at radius 3 is 2.42 bits per heavy atom. The maximum Gasteiger partial charge on any atom is 0.134 e. The van der Waals surface area contributed by atoms with Crippen LogP contribution < -0.4 is 0 Å². The summed E-state index contributed by atoms with van der Waals surface area (Å²) in [6, 6.07) is 13.0. The van der Waals surface area contributed by atoms with Crippen molar-refractivity contribution in [3.05, 3.63) is 64.2 Å². The second-order valence-corrected chi connectivity index (χ2v) is 5.16. The number of aromatic hydroxyl groups is 1. The van der Waals surface area contributed by atoms with Crippen LogP contribution in [0.4, 0.5) is 0 Å². The Morgan fingerprint density at radius 2 is 1.79 bits per heavy atom. The molecule has 100 valence electrons. The molecule has 3 heteroatoms. The maximum atomic E-state index is 10.1. The minimum absolute atomic E-state index is 0.0875. The third kappa shape index (κ3) is 3.72. The van der Waals surface area contributed by atoms with Crippen molar-refractivity contribution < 1.29 is 10.2 Å². The minimum Gasteiger partial charge on any atom is -0.506 e. The molecule has 0 fully saturated rings. The quantitative estimate of drug-likeness (QED) is 0.885. The number of benzene rings is 2. The summed E-state index contributed by atoms with van der Waals surface area (Å²) in [6.07, 6.45) is 0.868. The van der Waals surface area contributed by atoms with Crippen molar-refractivity contribution in [1.29, 1.82) is 0 Å². The summed E-state index contributed by atoms with van der Waals surface area (Å²) in [6.45, 7) is 2.02. The molecule has 1 unspecified atom stereocenters. The molecule has 0 bridgehead atoms. The number of phenols is 1. The predicted octanol–water partition coefficient (Wildman–Crippen LogP) is 4.02. The minimum atomic E-state index is -0.479. The number of aryl methyl sites for hydroxylation is 2. The van der Waals surface area contributed by atoms with Gasteiger partial charge in [-0.25, -0.2) is 0 Å². The van der Waals surface area contributed by atoms with E-state index in [1.54, 1.807) is 12.1 Å². The Kier molecular flexibility index (Phi) is 4.46. The smallest absolute Gasteiger partial charge is 0.134 e. The monoisotopic (exact) mass is 276 g/mol. The van der Waals surface area contributed by atoms with Gasteiger partial charge in [-0.1, -0.05) is 47.5 Å². The van der Waals surface area contributed by atoms with Crippen molar-refractivity contribution in [2.45, 2.75) is 25.9 Å². The van der Waals surface area contributed by atoms with Crippen LogP contribution in [0.3, 0.4) is 0 Å². The van der Waals surface area contributed by atoms with Crippen LogP contribution in [-0.4, -0.2) is 10.2 Å². The maximum absolute atomic E-state index is 10.1. The Labute approximate surface area is 118 Å². The molecular weight excluding hydrogens is 260 g/mol. The van der Waals surface area contributed by atoms with Crippen LogP contribution in [-0.2, 0) is 6.42 Å². The molecule has 0 aliphatic rings. The number of phenolic OH excluding ortho intramolecular Hbond substituents is 1. The Balaban J connectivity index is 1.98. The Morgan fingerprint density at radius 1 is 1.11 bits per heavy atom. The third-order valence-corrected chi connectivity index (χ3v) is 3.48. The van der Waals surface area contributed by atoms with E-state index in [0.717, 1.165) is 17.5 Å². The average Bonchev–Trinajstić information content (AvgIpc) is 2.40. The van der Waals surface area contributed by atoms with Crippen molar-refractivity contribution in [3.63, 3.8) is 0 Å². The van der Waals surface area contributed by atoms with Crippen molar-refractivity contribution in [1.82, 2.24) is 0 Å². The highest BCUT2D eigenvalue weighted by atomic mass is 35.5. The Bertz CT molecular complexity index is 549. The summed E-state index contributed by atoms with van der Waals surface area (Å²) >= 11 is 5.85. The zero-order chi connectivity index (χ0) is 13.8. The lowest BCUT2D eigenvalue weighted by atomic mass is 10.0. The largest absolute Gasteiger partial charge is 0.506 e. The third-order valence-electron chi connectivity index (χ3n) is 3.18. The van der Waals surface area contributed by atoms with Gasteiger partial charge in [0.15, 0.2) is 0 Å². The lowest BCUT2D eigenvalue weighted by Crippen LogP contribution is -1.99. The lowest BCUT2D eigenvalue weighted by Gasteiger charge is -2.11. The van der Waals surface area contributed by atoms with Crippen LogP contribution in [0.25, 0.3) is 0 Å². The SMILES string of the molecule is Cc1ccc(C(O)CCc2ccc(O)c(Cl)c2)cc1. The van der Waals surface area contributed by atoms with E-state index in [-0.39, 0.29) is 5.75 Å². The van der Waals surface area contributed by atoms with E-state index in [1.807, 2.05) is 37.3 Å². The number of aliphatic hydroxyl groups is 1. The highest BCUT2D eigenvalue weighted by Gasteiger charge is 2.08. The molecule has 0 aromatic heterocycles. The first-order chi connectivity index (χ1) is 9.06. The topological polar surface area (TPSA) is 40.5 Å². The number of rotatable bonds is 4. The average molecular weight is 277 g/mol. The van der Waals surface area contributed by atoms with Gasteiger partial charge in [0.2, 0.25) is 0 Å². The van der Waals surface area contributed by atoms with E-state index < -0.39 is 6.10 Å². The zero-order valence-corrected chi connectivity index (χ0v) is 11.6. The van der Waals surface area contributed by atoms with Crippen molar-refractivity contribution in [2.75, 3.05) is 0 Å². The molecule has 2 nitrogen and oxygen atoms in total. The lowest BCUT2D eigenvalue weighted by molar-refractivity contribution is 0.168. The van der Waals surface area contributed by atoms with Crippen molar-refractivity contribution >= 4 is 11.6 Å². The Hall–Kier alpha value is -1.51. The van der Waals surface area contributed by atoms with Crippen LogP contribution >= 0.6 is 11.6 Å². The normalized spacial score (nSPS) is 12.4. The molecule has 2 rings (SSSR count). The van der Waals surface area contributed by atoms with Gasteiger partial charge in [0.05, 0.1) is 11.1 Å². The number of halogens is 1. The molecule has 2 N–H and O–H groups in total. The first kappa shape index (κ1) is 13.9. The highest BCUT2D eigenvalue weighted by Crippen LogP contribution is 2.26. The molecule has 0 radical (unpaired) electrons. The molecule has 19 heavy (non-hydrogen) atoms. The fourth-order valence-corrected chi connectivity index (χ4v) is 2.17.